The zero-order valence-corrected chi connectivity index (χ0v) is 16.0. The van der Waals surface area contributed by atoms with Gasteiger partial charge in [-0.05, 0) is 24.4 Å². The molecule has 0 spiro atoms. The van der Waals surface area contributed by atoms with Crippen LogP contribution in [0.15, 0.2) is 12.1 Å². The number of nitrogens with zero attached hydrogens (tertiary/aromatic N) is 1. The molecule has 1 fully saturated rings. The number of hydrogen-bond donors (Lipinski definition) is 6. The van der Waals surface area contributed by atoms with Crippen molar-refractivity contribution >= 4 is 24.9 Å². The van der Waals surface area contributed by atoms with E-state index in [-0.39, 0.29) is 36.3 Å². The molecule has 1 atom stereocenters. The van der Waals surface area contributed by atoms with E-state index in [4.69, 9.17) is 20.3 Å². The molecular weight excluding hydrogens is 399 g/mol. The maximum Gasteiger partial charge on any atom is 0.522 e. The van der Waals surface area contributed by atoms with Crippen molar-refractivity contribution in [2.45, 2.75) is 24.9 Å². The highest BCUT2D eigenvalue weighted by atomic mass is 16.5. The van der Waals surface area contributed by atoms with E-state index in [1.165, 1.54) is 5.48 Å². The lowest BCUT2D eigenvalue weighted by atomic mass is 9.78. The SMILES string of the molecule is N[C@@H](CN1CC(Oc2ccc3c(c2C(=O)O)OB(O)CC3)C1)C(=O)NCC(=O)NO. The second-order valence-electron chi connectivity index (χ2n) is 7.16. The van der Waals surface area contributed by atoms with Gasteiger partial charge in [0.25, 0.3) is 5.91 Å². The lowest BCUT2D eigenvalue weighted by molar-refractivity contribution is -0.131. The molecule has 0 unspecified atom stereocenters. The maximum absolute atomic E-state index is 11.8. The van der Waals surface area contributed by atoms with Crippen molar-refractivity contribution < 1.29 is 39.1 Å². The summed E-state index contributed by atoms with van der Waals surface area (Å²) in [4.78, 5) is 36.4. The minimum absolute atomic E-state index is 0.122. The zero-order chi connectivity index (χ0) is 21.8. The van der Waals surface area contributed by atoms with E-state index >= 15 is 0 Å². The largest absolute Gasteiger partial charge is 0.535 e. The fourth-order valence-corrected chi connectivity index (χ4v) is 3.34. The van der Waals surface area contributed by atoms with Crippen molar-refractivity contribution in [1.82, 2.24) is 15.7 Å². The molecule has 0 radical (unpaired) electrons. The number of aryl methyl sites for hydroxylation is 1. The number of hydroxylamine groups is 1. The molecule has 0 bridgehead atoms. The highest BCUT2D eigenvalue weighted by Gasteiger charge is 2.34. The molecule has 7 N–H and O–H groups in total. The quantitative estimate of drug-likeness (QED) is 0.153. The van der Waals surface area contributed by atoms with Crippen LogP contribution in [0.4, 0.5) is 0 Å². The highest BCUT2D eigenvalue weighted by Crippen LogP contribution is 2.37. The summed E-state index contributed by atoms with van der Waals surface area (Å²) in [6.07, 6.45) is 0.599. The molecule has 1 aromatic carbocycles. The number of nitrogens with two attached hydrogens (primary N) is 1. The molecule has 0 aromatic heterocycles. The summed E-state index contributed by atoms with van der Waals surface area (Å²) in [5, 5.41) is 30.0. The van der Waals surface area contributed by atoms with Gasteiger partial charge in [-0.1, -0.05) is 6.07 Å². The number of carbonyl (C=O) groups excluding carboxylic acids is 2. The number of carboxylic acids is 1. The van der Waals surface area contributed by atoms with Gasteiger partial charge in [-0.25, -0.2) is 10.3 Å². The van der Waals surface area contributed by atoms with E-state index in [1.54, 1.807) is 12.1 Å². The average Bonchev–Trinajstić information content (AvgIpc) is 2.69. The monoisotopic (exact) mass is 422 g/mol. The van der Waals surface area contributed by atoms with E-state index in [0.29, 0.717) is 31.4 Å². The molecule has 0 aliphatic carbocycles. The van der Waals surface area contributed by atoms with Gasteiger partial charge >= 0.3 is 13.1 Å². The molecule has 2 aliphatic rings. The lowest BCUT2D eigenvalue weighted by Crippen LogP contribution is -2.59. The molecule has 2 aliphatic heterocycles. The third-order valence-electron chi connectivity index (χ3n) is 4.89. The van der Waals surface area contributed by atoms with Crippen molar-refractivity contribution in [2.24, 2.45) is 5.73 Å². The number of hydrogen-bond acceptors (Lipinski definition) is 9. The molecular formula is C17H23BN4O8. The summed E-state index contributed by atoms with van der Waals surface area (Å²) in [7, 11) is -1.05. The maximum atomic E-state index is 11.8. The van der Waals surface area contributed by atoms with Crippen LogP contribution in [0.5, 0.6) is 11.5 Å². The average molecular weight is 422 g/mol. The Balaban J connectivity index is 1.54. The Hall–Kier alpha value is -2.87. The number of aromatic carboxylic acids is 1. The van der Waals surface area contributed by atoms with Crippen LogP contribution < -0.4 is 25.9 Å². The van der Waals surface area contributed by atoms with Crippen LogP contribution in [0.2, 0.25) is 6.32 Å². The fourth-order valence-electron chi connectivity index (χ4n) is 3.34. The van der Waals surface area contributed by atoms with Gasteiger partial charge in [0.2, 0.25) is 5.91 Å². The van der Waals surface area contributed by atoms with Crippen molar-refractivity contribution in [1.29, 1.82) is 0 Å². The first-order valence-corrected chi connectivity index (χ1v) is 9.37. The Bertz CT molecular complexity index is 832. The summed E-state index contributed by atoms with van der Waals surface area (Å²) >= 11 is 0. The summed E-state index contributed by atoms with van der Waals surface area (Å²) in [6, 6.07) is 2.42. The molecule has 0 saturated carbocycles. The highest BCUT2D eigenvalue weighted by molar-refractivity contribution is 6.44. The number of carboxylic acid groups (broad SMARTS) is 1. The summed E-state index contributed by atoms with van der Waals surface area (Å²) in [6.45, 7) is 0.689. The van der Waals surface area contributed by atoms with Gasteiger partial charge < -0.3 is 30.6 Å². The Morgan fingerprint density at radius 2 is 2.10 bits per heavy atom. The number of nitrogens with one attached hydrogen (secondary N) is 2. The number of rotatable bonds is 8. The topological polar surface area (TPSA) is 184 Å². The first kappa shape index (κ1) is 21.8. The van der Waals surface area contributed by atoms with E-state index < -0.39 is 30.9 Å². The number of carbonyl (C=O) groups is 3. The van der Waals surface area contributed by atoms with Crippen LogP contribution in [-0.4, -0.2) is 83.5 Å². The van der Waals surface area contributed by atoms with Crippen molar-refractivity contribution in [3.63, 3.8) is 0 Å². The van der Waals surface area contributed by atoms with Gasteiger partial charge in [-0.15, -0.1) is 0 Å². The van der Waals surface area contributed by atoms with Gasteiger partial charge in [0.05, 0.1) is 12.6 Å². The molecule has 30 heavy (non-hydrogen) atoms. The number of fused-ring (bicyclic) bond motifs is 1. The van der Waals surface area contributed by atoms with Gasteiger partial charge in [-0.3, -0.25) is 19.7 Å². The van der Waals surface area contributed by atoms with Crippen LogP contribution in [0.25, 0.3) is 0 Å². The molecule has 13 heteroatoms. The fraction of sp³-hybridized carbons (Fsp3) is 0.471. The Labute approximate surface area is 172 Å². The number of likely N-dealkylation sites (tertiary alicyclic amines) is 1. The molecule has 3 rings (SSSR count). The number of benzene rings is 1. The van der Waals surface area contributed by atoms with Crippen LogP contribution in [0.1, 0.15) is 15.9 Å². The van der Waals surface area contributed by atoms with Gasteiger partial charge in [-0.2, -0.15) is 0 Å². The van der Waals surface area contributed by atoms with Gasteiger partial charge in [0.15, 0.2) is 0 Å². The normalized spacial score (nSPS) is 17.2. The minimum Gasteiger partial charge on any atom is -0.535 e. The van der Waals surface area contributed by atoms with E-state index in [0.717, 1.165) is 0 Å². The predicted octanol–water partition coefficient (Wildman–Crippen LogP) is -2.19. The smallest absolute Gasteiger partial charge is 0.522 e. The molecule has 12 nitrogen and oxygen atoms in total. The second-order valence-corrected chi connectivity index (χ2v) is 7.16. The summed E-state index contributed by atoms with van der Waals surface area (Å²) < 4.78 is 11.1. The van der Waals surface area contributed by atoms with E-state index in [1.807, 2.05) is 4.90 Å². The third-order valence-corrected chi connectivity index (χ3v) is 4.89. The third kappa shape index (κ3) is 5.00. The van der Waals surface area contributed by atoms with E-state index in [2.05, 4.69) is 5.32 Å². The lowest BCUT2D eigenvalue weighted by Gasteiger charge is -2.40. The second kappa shape index (κ2) is 9.30. The zero-order valence-electron chi connectivity index (χ0n) is 16.0. The number of ether oxygens (including phenoxy) is 1. The van der Waals surface area contributed by atoms with Gasteiger partial charge in [0.1, 0.15) is 23.2 Å². The van der Waals surface area contributed by atoms with Crippen molar-refractivity contribution in [3.8, 4) is 11.5 Å². The molecule has 2 amide bonds. The van der Waals surface area contributed by atoms with Crippen molar-refractivity contribution in [2.75, 3.05) is 26.2 Å². The Morgan fingerprint density at radius 1 is 1.37 bits per heavy atom. The minimum atomic E-state index is -1.21. The molecule has 1 saturated heterocycles. The van der Waals surface area contributed by atoms with Crippen LogP contribution in [0.3, 0.4) is 0 Å². The number of amides is 2. The molecule has 162 valence electrons. The van der Waals surface area contributed by atoms with Crippen LogP contribution in [0, 0.1) is 0 Å². The summed E-state index contributed by atoms with van der Waals surface area (Å²) in [5.74, 6) is -2.24. The predicted molar refractivity (Wildman–Crippen MR) is 102 cm³/mol. The van der Waals surface area contributed by atoms with Crippen LogP contribution >= 0.6 is 0 Å². The van der Waals surface area contributed by atoms with Crippen molar-refractivity contribution in [3.05, 3.63) is 23.3 Å². The Morgan fingerprint density at radius 3 is 2.77 bits per heavy atom. The first-order valence-electron chi connectivity index (χ1n) is 9.37. The first-order chi connectivity index (χ1) is 14.3. The Kier molecular flexibility index (Phi) is 6.77. The van der Waals surface area contributed by atoms with Crippen LogP contribution in [-0.2, 0) is 16.0 Å². The summed E-state index contributed by atoms with van der Waals surface area (Å²) in [5.41, 5.74) is 7.78. The molecule has 1 aromatic rings. The van der Waals surface area contributed by atoms with Gasteiger partial charge in [0, 0.05) is 19.6 Å². The molecule has 2 heterocycles. The standard InChI is InChI=1S/C17H23BN4O8/c19-11(16(24)20-5-13(23)21-28)8-22-6-10(7-22)29-12-2-1-9-3-4-18(27)30-15(9)14(12)17(25)26/h1-2,10-11,27-28H,3-8,19H2,(H,20,24)(H,21,23)(H,25,26)/t11-/m0/s1. The van der Waals surface area contributed by atoms with E-state index in [9.17, 15) is 24.5 Å².